The van der Waals surface area contributed by atoms with Crippen molar-refractivity contribution < 1.29 is 19.1 Å². The van der Waals surface area contributed by atoms with Crippen LogP contribution >= 0.6 is 11.6 Å². The van der Waals surface area contributed by atoms with Gasteiger partial charge in [-0.1, -0.05) is 23.7 Å². The van der Waals surface area contributed by atoms with Crippen LogP contribution in [-0.2, 0) is 7.05 Å². The van der Waals surface area contributed by atoms with Gasteiger partial charge in [0.25, 0.3) is 11.8 Å². The van der Waals surface area contributed by atoms with Gasteiger partial charge in [0.05, 0.1) is 30.8 Å². The molecule has 2 amide bonds. The Balaban J connectivity index is 1.60. The molecule has 1 aliphatic heterocycles. The van der Waals surface area contributed by atoms with Gasteiger partial charge in [0, 0.05) is 30.9 Å². The number of aromatic nitrogens is 2. The Hall–Kier alpha value is -3.52. The van der Waals surface area contributed by atoms with Gasteiger partial charge < -0.3 is 14.8 Å². The van der Waals surface area contributed by atoms with Crippen molar-refractivity contribution in [2.45, 2.75) is 12.5 Å². The Bertz CT molecular complexity index is 1180. The summed E-state index contributed by atoms with van der Waals surface area (Å²) in [7, 11) is 4.85. The minimum Gasteiger partial charge on any atom is -0.493 e. The number of fused-ring (bicyclic) bond motifs is 1. The number of benzene rings is 2. The van der Waals surface area contributed by atoms with Crippen molar-refractivity contribution in [3.63, 3.8) is 0 Å². The van der Waals surface area contributed by atoms with Gasteiger partial charge in [0.1, 0.15) is 0 Å². The summed E-state index contributed by atoms with van der Waals surface area (Å²) in [5, 5.41) is 7.91. The third kappa shape index (κ3) is 4.01. The van der Waals surface area contributed by atoms with Crippen molar-refractivity contribution in [2.24, 2.45) is 7.05 Å². The number of hydrogen-bond acceptors (Lipinski definition) is 5. The number of rotatable bonds is 5. The Morgan fingerprint density at radius 3 is 2.59 bits per heavy atom. The second kappa shape index (κ2) is 8.92. The highest BCUT2D eigenvalue weighted by molar-refractivity contribution is 6.33. The molecule has 1 unspecified atom stereocenters. The third-order valence-corrected chi connectivity index (χ3v) is 5.74. The average Bonchev–Trinajstić information content (AvgIpc) is 3.20. The standard InChI is InChI=1S/C23H23ClN4O4/c1-27-13-16-18(25-22(29)15-6-4-5-7-17(15)24)10-11-28(21(16)26-27)23(30)14-8-9-19(31-2)20(12-14)32-3/h4-9,12-13,18H,10-11H2,1-3H3,(H,25,29). The summed E-state index contributed by atoms with van der Waals surface area (Å²) < 4.78 is 12.2. The number of halogens is 1. The minimum absolute atomic E-state index is 0.207. The van der Waals surface area contributed by atoms with Gasteiger partial charge in [-0.2, -0.15) is 5.10 Å². The lowest BCUT2D eigenvalue weighted by Gasteiger charge is -2.31. The number of aryl methyl sites for hydroxylation is 1. The molecule has 3 aromatic rings. The number of hydrogen-bond donors (Lipinski definition) is 1. The van der Waals surface area contributed by atoms with Gasteiger partial charge >= 0.3 is 0 Å². The molecule has 1 aromatic heterocycles. The first kappa shape index (κ1) is 21.7. The summed E-state index contributed by atoms with van der Waals surface area (Å²) in [5.74, 6) is 1.06. The van der Waals surface area contributed by atoms with E-state index >= 15 is 0 Å². The smallest absolute Gasteiger partial charge is 0.259 e. The molecule has 0 fully saturated rings. The molecule has 0 radical (unpaired) electrons. The molecule has 9 heteroatoms. The lowest BCUT2D eigenvalue weighted by atomic mass is 10.00. The fourth-order valence-corrected chi connectivity index (χ4v) is 4.05. The molecule has 0 saturated carbocycles. The van der Waals surface area contributed by atoms with Crippen LogP contribution in [0, 0.1) is 0 Å². The maximum Gasteiger partial charge on any atom is 0.259 e. The zero-order valence-electron chi connectivity index (χ0n) is 18.0. The van der Waals surface area contributed by atoms with Crippen molar-refractivity contribution in [3.8, 4) is 11.5 Å². The van der Waals surface area contributed by atoms with Gasteiger partial charge in [-0.05, 0) is 36.8 Å². The zero-order valence-corrected chi connectivity index (χ0v) is 18.7. The van der Waals surface area contributed by atoms with Gasteiger partial charge in [-0.25, -0.2) is 0 Å². The van der Waals surface area contributed by atoms with Crippen molar-refractivity contribution in [3.05, 3.63) is 70.4 Å². The highest BCUT2D eigenvalue weighted by atomic mass is 35.5. The maximum absolute atomic E-state index is 13.3. The normalized spacial score (nSPS) is 15.1. The third-order valence-electron chi connectivity index (χ3n) is 5.41. The molecule has 1 atom stereocenters. The van der Waals surface area contributed by atoms with Crippen LogP contribution in [0.3, 0.4) is 0 Å². The predicted molar refractivity (Wildman–Crippen MR) is 121 cm³/mol. The molecule has 4 rings (SSSR count). The zero-order chi connectivity index (χ0) is 22.8. The van der Waals surface area contributed by atoms with E-state index in [0.29, 0.717) is 46.4 Å². The van der Waals surface area contributed by atoms with E-state index in [1.165, 1.54) is 7.11 Å². The number of nitrogens with zero attached hydrogens (tertiary/aromatic N) is 3. The van der Waals surface area contributed by atoms with E-state index in [0.717, 1.165) is 5.56 Å². The minimum atomic E-state index is -0.295. The molecule has 0 aliphatic carbocycles. The SMILES string of the molecule is COc1ccc(C(=O)N2CCC(NC(=O)c3ccccc3Cl)c3cn(C)nc32)cc1OC. The summed E-state index contributed by atoms with van der Waals surface area (Å²) in [6, 6.07) is 11.6. The molecule has 8 nitrogen and oxygen atoms in total. The number of ether oxygens (including phenoxy) is 2. The summed E-state index contributed by atoms with van der Waals surface area (Å²) >= 11 is 6.17. The van der Waals surface area contributed by atoms with Crippen LogP contribution in [0.5, 0.6) is 11.5 Å². The Morgan fingerprint density at radius 1 is 1.12 bits per heavy atom. The fraction of sp³-hybridized carbons (Fsp3) is 0.261. The van der Waals surface area contributed by atoms with Crippen LogP contribution < -0.4 is 19.7 Å². The molecule has 0 saturated heterocycles. The number of amides is 2. The van der Waals surface area contributed by atoms with Crippen LogP contribution in [0.2, 0.25) is 5.02 Å². The molecule has 32 heavy (non-hydrogen) atoms. The van der Waals surface area contributed by atoms with Gasteiger partial charge in [-0.15, -0.1) is 0 Å². The van der Waals surface area contributed by atoms with Gasteiger partial charge in [0.2, 0.25) is 0 Å². The molecule has 166 valence electrons. The second-order valence-electron chi connectivity index (χ2n) is 7.40. The topological polar surface area (TPSA) is 85.7 Å². The van der Waals surface area contributed by atoms with Gasteiger partial charge in [-0.3, -0.25) is 19.2 Å². The molecule has 1 aliphatic rings. The average molecular weight is 455 g/mol. The first-order valence-electron chi connectivity index (χ1n) is 10.1. The van der Waals surface area contributed by atoms with Gasteiger partial charge in [0.15, 0.2) is 17.3 Å². The Labute approximate surface area is 190 Å². The molecule has 2 aromatic carbocycles. The van der Waals surface area contributed by atoms with E-state index in [-0.39, 0.29) is 17.9 Å². The fourth-order valence-electron chi connectivity index (χ4n) is 3.82. The molecular formula is C23H23ClN4O4. The molecule has 1 N–H and O–H groups in total. The van der Waals surface area contributed by atoms with E-state index in [4.69, 9.17) is 21.1 Å². The molecular weight excluding hydrogens is 432 g/mol. The largest absolute Gasteiger partial charge is 0.493 e. The first-order valence-corrected chi connectivity index (χ1v) is 10.4. The van der Waals surface area contributed by atoms with Crippen LogP contribution in [0.25, 0.3) is 0 Å². The second-order valence-corrected chi connectivity index (χ2v) is 7.81. The van der Waals surface area contributed by atoms with E-state index in [2.05, 4.69) is 10.4 Å². The summed E-state index contributed by atoms with van der Waals surface area (Å²) in [6.07, 6.45) is 2.36. The summed E-state index contributed by atoms with van der Waals surface area (Å²) in [5.41, 5.74) is 1.63. The van der Waals surface area contributed by atoms with Crippen molar-refractivity contribution in [1.29, 1.82) is 0 Å². The molecule has 0 bridgehead atoms. The Kier molecular flexibility index (Phi) is 6.05. The number of nitrogens with one attached hydrogen (secondary N) is 1. The van der Waals surface area contributed by atoms with Crippen molar-refractivity contribution in [1.82, 2.24) is 15.1 Å². The summed E-state index contributed by atoms with van der Waals surface area (Å²) in [6.45, 7) is 0.394. The first-order chi connectivity index (χ1) is 15.4. The van der Waals surface area contributed by atoms with E-state index < -0.39 is 0 Å². The highest BCUT2D eigenvalue weighted by Crippen LogP contribution is 2.35. The van der Waals surface area contributed by atoms with E-state index in [9.17, 15) is 9.59 Å². The number of carbonyl (C=O) groups is 2. The monoisotopic (exact) mass is 454 g/mol. The number of anilines is 1. The van der Waals surface area contributed by atoms with Crippen LogP contribution in [0.1, 0.15) is 38.7 Å². The number of carbonyl (C=O) groups excluding carboxylic acids is 2. The Morgan fingerprint density at radius 2 is 1.88 bits per heavy atom. The maximum atomic E-state index is 13.3. The lowest BCUT2D eigenvalue weighted by Crippen LogP contribution is -2.41. The van der Waals surface area contributed by atoms with E-state index in [1.807, 2.05) is 6.20 Å². The number of methoxy groups -OCH3 is 2. The molecule has 2 heterocycles. The predicted octanol–water partition coefficient (Wildman–Crippen LogP) is 3.61. The molecule has 0 spiro atoms. The van der Waals surface area contributed by atoms with Crippen LogP contribution in [-0.4, -0.2) is 42.4 Å². The lowest BCUT2D eigenvalue weighted by molar-refractivity contribution is 0.0933. The van der Waals surface area contributed by atoms with Crippen LogP contribution in [0.15, 0.2) is 48.7 Å². The highest BCUT2D eigenvalue weighted by Gasteiger charge is 2.33. The van der Waals surface area contributed by atoms with Crippen molar-refractivity contribution in [2.75, 3.05) is 25.7 Å². The van der Waals surface area contributed by atoms with E-state index in [1.54, 1.807) is 66.2 Å². The van der Waals surface area contributed by atoms with Crippen LogP contribution in [0.4, 0.5) is 5.82 Å². The summed E-state index contributed by atoms with van der Waals surface area (Å²) in [4.78, 5) is 27.7. The quantitative estimate of drug-likeness (QED) is 0.636. The van der Waals surface area contributed by atoms with Crippen molar-refractivity contribution >= 4 is 29.2 Å².